The molecule has 1 aromatic heterocycles. The predicted octanol–water partition coefficient (Wildman–Crippen LogP) is 3.20. The third-order valence-electron chi connectivity index (χ3n) is 4.34. The van der Waals surface area contributed by atoms with Crippen molar-refractivity contribution in [3.63, 3.8) is 0 Å². The lowest BCUT2D eigenvalue weighted by Crippen LogP contribution is -2.58. The molecule has 0 atom stereocenters. The van der Waals surface area contributed by atoms with E-state index < -0.39 is 0 Å². The molecule has 3 nitrogen and oxygen atoms in total. The minimum atomic E-state index is -0.184. The molecule has 1 aliphatic heterocycles. The first kappa shape index (κ1) is 14.7. The second-order valence-electron chi connectivity index (χ2n) is 5.73. The SMILES string of the molecule is CCn1nc(C)c(Br)c1CC1(c2ccc(F)cc2)CNC1. The molecule has 0 radical (unpaired) electrons. The second kappa shape index (κ2) is 5.54. The van der Waals surface area contributed by atoms with Crippen molar-refractivity contribution in [3.05, 3.63) is 51.5 Å². The standard InChI is InChI=1S/C16H19BrFN3/c1-3-21-14(15(17)11(2)20-21)8-16(9-19-10-16)12-4-6-13(18)7-5-12/h4-7,19H,3,8-10H2,1-2H3. The maximum atomic E-state index is 13.2. The Morgan fingerprint density at radius 1 is 1.33 bits per heavy atom. The van der Waals surface area contributed by atoms with Crippen molar-refractivity contribution in [2.24, 2.45) is 0 Å². The summed E-state index contributed by atoms with van der Waals surface area (Å²) < 4.78 is 16.3. The van der Waals surface area contributed by atoms with Crippen molar-refractivity contribution in [3.8, 4) is 0 Å². The first-order chi connectivity index (χ1) is 10.1. The highest BCUT2D eigenvalue weighted by Crippen LogP contribution is 2.35. The Morgan fingerprint density at radius 2 is 2.00 bits per heavy atom. The third-order valence-corrected chi connectivity index (χ3v) is 5.37. The number of aromatic nitrogens is 2. The molecule has 0 spiro atoms. The van der Waals surface area contributed by atoms with Crippen LogP contribution in [-0.2, 0) is 18.4 Å². The molecule has 0 unspecified atom stereocenters. The molecule has 21 heavy (non-hydrogen) atoms. The van der Waals surface area contributed by atoms with Crippen LogP contribution in [0.2, 0.25) is 0 Å². The van der Waals surface area contributed by atoms with Crippen LogP contribution in [0.15, 0.2) is 28.7 Å². The van der Waals surface area contributed by atoms with E-state index in [1.165, 1.54) is 11.3 Å². The summed E-state index contributed by atoms with van der Waals surface area (Å²) in [5, 5.41) is 7.93. The van der Waals surface area contributed by atoms with Crippen LogP contribution in [0.1, 0.15) is 23.9 Å². The van der Waals surface area contributed by atoms with Gasteiger partial charge < -0.3 is 5.32 Å². The molecule has 1 N–H and O–H groups in total. The summed E-state index contributed by atoms with van der Waals surface area (Å²) in [6, 6.07) is 6.91. The van der Waals surface area contributed by atoms with E-state index >= 15 is 0 Å². The van der Waals surface area contributed by atoms with E-state index in [4.69, 9.17) is 0 Å². The average molecular weight is 352 g/mol. The van der Waals surface area contributed by atoms with E-state index in [9.17, 15) is 4.39 Å². The number of nitrogens with one attached hydrogen (secondary N) is 1. The van der Waals surface area contributed by atoms with Gasteiger partial charge in [-0.3, -0.25) is 4.68 Å². The van der Waals surface area contributed by atoms with E-state index in [1.54, 1.807) is 12.1 Å². The van der Waals surface area contributed by atoms with Crippen molar-refractivity contribution < 1.29 is 4.39 Å². The second-order valence-corrected chi connectivity index (χ2v) is 6.52. The van der Waals surface area contributed by atoms with Crippen LogP contribution in [0.5, 0.6) is 0 Å². The number of rotatable bonds is 4. The summed E-state index contributed by atoms with van der Waals surface area (Å²) in [6.45, 7) is 6.81. The lowest BCUT2D eigenvalue weighted by molar-refractivity contribution is 0.268. The molecule has 112 valence electrons. The maximum absolute atomic E-state index is 13.2. The number of aryl methyl sites for hydroxylation is 2. The zero-order valence-electron chi connectivity index (χ0n) is 12.3. The summed E-state index contributed by atoms with van der Waals surface area (Å²) in [6.07, 6.45) is 0.904. The molecule has 5 heteroatoms. The lowest BCUT2D eigenvalue weighted by atomic mass is 9.72. The van der Waals surface area contributed by atoms with Crippen LogP contribution in [-0.4, -0.2) is 22.9 Å². The van der Waals surface area contributed by atoms with Crippen molar-refractivity contribution >= 4 is 15.9 Å². The minimum Gasteiger partial charge on any atom is -0.315 e. The van der Waals surface area contributed by atoms with Crippen molar-refractivity contribution in [1.82, 2.24) is 15.1 Å². The molecule has 1 aromatic carbocycles. The fourth-order valence-corrected chi connectivity index (χ4v) is 3.44. The Kier molecular flexibility index (Phi) is 3.88. The highest BCUT2D eigenvalue weighted by atomic mass is 79.9. The zero-order valence-corrected chi connectivity index (χ0v) is 13.9. The molecule has 1 saturated heterocycles. The van der Waals surface area contributed by atoms with Gasteiger partial charge in [0.25, 0.3) is 0 Å². The van der Waals surface area contributed by atoms with Crippen LogP contribution in [0.4, 0.5) is 4.39 Å². The average Bonchev–Trinajstić information content (AvgIpc) is 2.71. The number of benzene rings is 1. The zero-order chi connectivity index (χ0) is 15.0. The highest BCUT2D eigenvalue weighted by molar-refractivity contribution is 9.10. The Labute approximate surface area is 132 Å². The van der Waals surface area contributed by atoms with Gasteiger partial charge in [-0.2, -0.15) is 5.10 Å². The quantitative estimate of drug-likeness (QED) is 0.916. The summed E-state index contributed by atoms with van der Waals surface area (Å²) >= 11 is 3.67. The monoisotopic (exact) mass is 351 g/mol. The molecular weight excluding hydrogens is 333 g/mol. The van der Waals surface area contributed by atoms with Crippen molar-refractivity contribution in [1.29, 1.82) is 0 Å². The highest BCUT2D eigenvalue weighted by Gasteiger charge is 2.40. The summed E-state index contributed by atoms with van der Waals surface area (Å²) in [5.74, 6) is -0.184. The van der Waals surface area contributed by atoms with Crippen LogP contribution in [0.25, 0.3) is 0 Å². The van der Waals surface area contributed by atoms with Crippen molar-refractivity contribution in [2.75, 3.05) is 13.1 Å². The van der Waals surface area contributed by atoms with Gasteiger partial charge in [-0.1, -0.05) is 12.1 Å². The van der Waals surface area contributed by atoms with E-state index in [0.717, 1.165) is 36.2 Å². The van der Waals surface area contributed by atoms with Gasteiger partial charge in [0.15, 0.2) is 0 Å². The van der Waals surface area contributed by atoms with E-state index in [0.29, 0.717) is 0 Å². The fraction of sp³-hybridized carbons (Fsp3) is 0.438. The molecule has 2 aromatic rings. The van der Waals surface area contributed by atoms with Crippen molar-refractivity contribution in [2.45, 2.75) is 32.2 Å². The molecule has 0 aliphatic carbocycles. The summed E-state index contributed by atoms with van der Waals surface area (Å²) in [4.78, 5) is 0. The number of hydrogen-bond acceptors (Lipinski definition) is 2. The van der Waals surface area contributed by atoms with E-state index in [2.05, 4.69) is 38.0 Å². The molecular formula is C16H19BrFN3. The lowest BCUT2D eigenvalue weighted by Gasteiger charge is -2.43. The van der Waals surface area contributed by atoms with Crippen LogP contribution < -0.4 is 5.32 Å². The smallest absolute Gasteiger partial charge is 0.123 e. The molecule has 1 fully saturated rings. The van der Waals surface area contributed by atoms with Crippen LogP contribution >= 0.6 is 15.9 Å². The van der Waals surface area contributed by atoms with Gasteiger partial charge in [-0.25, -0.2) is 4.39 Å². The van der Waals surface area contributed by atoms with Gasteiger partial charge in [0, 0.05) is 31.5 Å². The molecule has 0 bridgehead atoms. The normalized spacial score (nSPS) is 16.8. The molecule has 2 heterocycles. The number of nitrogens with zero attached hydrogens (tertiary/aromatic N) is 2. The Balaban J connectivity index is 1.96. The minimum absolute atomic E-state index is 0.0373. The van der Waals surface area contributed by atoms with Crippen LogP contribution in [0.3, 0.4) is 0 Å². The van der Waals surface area contributed by atoms with Gasteiger partial charge in [-0.05, 0) is 47.5 Å². The summed E-state index contributed by atoms with van der Waals surface area (Å²) in [7, 11) is 0. The van der Waals surface area contributed by atoms with E-state index in [-0.39, 0.29) is 11.2 Å². The van der Waals surface area contributed by atoms with Gasteiger partial charge in [0.05, 0.1) is 15.9 Å². The molecule has 1 aliphatic rings. The maximum Gasteiger partial charge on any atom is 0.123 e. The molecule has 0 amide bonds. The van der Waals surface area contributed by atoms with Crippen LogP contribution in [0, 0.1) is 12.7 Å². The Hall–Kier alpha value is -1.20. The topological polar surface area (TPSA) is 29.9 Å². The fourth-order valence-electron chi connectivity index (χ4n) is 3.02. The van der Waals surface area contributed by atoms with Gasteiger partial charge in [-0.15, -0.1) is 0 Å². The Morgan fingerprint density at radius 3 is 2.52 bits per heavy atom. The Bertz CT molecular complexity index is 644. The molecule has 0 saturated carbocycles. The largest absolute Gasteiger partial charge is 0.315 e. The third kappa shape index (κ3) is 2.53. The number of hydrogen-bond donors (Lipinski definition) is 1. The number of halogens is 2. The van der Waals surface area contributed by atoms with Gasteiger partial charge in [0.1, 0.15) is 5.82 Å². The van der Waals surface area contributed by atoms with Gasteiger partial charge in [0.2, 0.25) is 0 Å². The predicted molar refractivity (Wildman–Crippen MR) is 85.0 cm³/mol. The first-order valence-corrected chi connectivity index (χ1v) is 8.03. The van der Waals surface area contributed by atoms with Gasteiger partial charge >= 0.3 is 0 Å². The summed E-state index contributed by atoms with van der Waals surface area (Å²) in [5.41, 5.74) is 3.47. The van der Waals surface area contributed by atoms with E-state index in [1.807, 2.05) is 19.1 Å². The molecule has 3 rings (SSSR count). The first-order valence-electron chi connectivity index (χ1n) is 7.24.